The number of hydrogen-bond acceptors (Lipinski definition) is 3. The normalized spacial score (nSPS) is 16.7. The summed E-state index contributed by atoms with van der Waals surface area (Å²) in [5, 5.41) is 14.9. The Morgan fingerprint density at radius 3 is 2.34 bits per heavy atom. The van der Waals surface area contributed by atoms with Gasteiger partial charge in [0.25, 0.3) is 0 Å². The van der Waals surface area contributed by atoms with Gasteiger partial charge in [-0.3, -0.25) is 0 Å². The van der Waals surface area contributed by atoms with Crippen LogP contribution in [0.4, 0.5) is 11.4 Å². The lowest BCUT2D eigenvalue weighted by Gasteiger charge is -2.31. The summed E-state index contributed by atoms with van der Waals surface area (Å²) in [7, 11) is 0. The van der Waals surface area contributed by atoms with Gasteiger partial charge in [0.1, 0.15) is 5.58 Å². The van der Waals surface area contributed by atoms with Gasteiger partial charge < -0.3 is 13.9 Å². The molecule has 4 heteroatoms. The molecule has 2 unspecified atom stereocenters. The fraction of sp³-hybridized carbons (Fsp3) is 0.0465. The standard InChI is InChI=1S/C43H27N3O/c44-26-28-11-10-19-39(46-36-17-7-4-14-30(36)31-15-5-8-18-37(31)46)41(28)27-21-24-38-35(25-27)33-22-23-34-32-16-6-9-20-40(32)47-43(34)42(33)45(38)29-12-2-1-3-13-29/h1-25,30,36H. The summed E-state index contributed by atoms with van der Waals surface area (Å²) < 4.78 is 8.91. The van der Waals surface area contributed by atoms with Gasteiger partial charge in [-0.05, 0) is 65.7 Å². The van der Waals surface area contributed by atoms with E-state index in [4.69, 9.17) is 4.42 Å². The minimum Gasteiger partial charge on any atom is -0.454 e. The van der Waals surface area contributed by atoms with Crippen LogP contribution in [-0.4, -0.2) is 10.6 Å². The number of rotatable bonds is 3. The van der Waals surface area contributed by atoms with Gasteiger partial charge in [0, 0.05) is 44.4 Å². The molecule has 0 spiro atoms. The summed E-state index contributed by atoms with van der Waals surface area (Å²) in [6.07, 6.45) is 8.85. The lowest BCUT2D eigenvalue weighted by Crippen LogP contribution is -2.29. The number of para-hydroxylation sites is 3. The maximum atomic E-state index is 10.5. The Labute approximate surface area is 271 Å². The Kier molecular flexibility index (Phi) is 5.44. The first-order valence-electron chi connectivity index (χ1n) is 16.0. The number of benzene rings is 6. The predicted octanol–water partition coefficient (Wildman–Crippen LogP) is 11.0. The van der Waals surface area contributed by atoms with E-state index in [9.17, 15) is 5.26 Å². The van der Waals surface area contributed by atoms with E-state index in [2.05, 4.69) is 137 Å². The van der Waals surface area contributed by atoms with E-state index in [1.807, 2.05) is 30.3 Å². The smallest absolute Gasteiger partial charge is 0.160 e. The van der Waals surface area contributed by atoms with E-state index >= 15 is 0 Å². The largest absolute Gasteiger partial charge is 0.454 e. The molecule has 1 aliphatic heterocycles. The van der Waals surface area contributed by atoms with Crippen LogP contribution < -0.4 is 4.90 Å². The maximum absolute atomic E-state index is 10.5. The molecule has 0 radical (unpaired) electrons. The Hall–Kier alpha value is -6.31. The van der Waals surface area contributed by atoms with E-state index in [-0.39, 0.29) is 12.0 Å². The van der Waals surface area contributed by atoms with E-state index in [1.54, 1.807) is 0 Å². The van der Waals surface area contributed by atoms with Gasteiger partial charge in [0.2, 0.25) is 0 Å². The lowest BCUT2D eigenvalue weighted by molar-refractivity contribution is 0.671. The first-order chi connectivity index (χ1) is 23.3. The van der Waals surface area contributed by atoms with Crippen LogP contribution in [0.1, 0.15) is 17.0 Å². The number of nitriles is 1. The average Bonchev–Trinajstić information content (AvgIpc) is 3.79. The number of furan rings is 1. The number of nitrogens with zero attached hydrogens (tertiary/aromatic N) is 3. The van der Waals surface area contributed by atoms with Crippen molar-refractivity contribution >= 4 is 55.1 Å². The molecule has 0 bridgehead atoms. The average molecular weight is 602 g/mol. The summed E-state index contributed by atoms with van der Waals surface area (Å²) >= 11 is 0. The quantitative estimate of drug-likeness (QED) is 0.202. The van der Waals surface area contributed by atoms with Crippen molar-refractivity contribution in [1.29, 1.82) is 5.26 Å². The number of fused-ring (bicyclic) bond motifs is 10. The number of hydrogen-bond donors (Lipinski definition) is 0. The second-order valence-electron chi connectivity index (χ2n) is 12.4. The highest BCUT2D eigenvalue weighted by Gasteiger charge is 2.38. The van der Waals surface area contributed by atoms with Crippen molar-refractivity contribution in [1.82, 2.24) is 4.57 Å². The molecule has 4 nitrogen and oxygen atoms in total. The molecule has 2 atom stereocenters. The van der Waals surface area contributed by atoms with Gasteiger partial charge in [0.05, 0.1) is 34.4 Å². The molecule has 1 aliphatic carbocycles. The van der Waals surface area contributed by atoms with Gasteiger partial charge >= 0.3 is 0 Å². The third-order valence-corrected chi connectivity index (χ3v) is 9.96. The monoisotopic (exact) mass is 601 g/mol. The predicted molar refractivity (Wildman–Crippen MR) is 192 cm³/mol. The topological polar surface area (TPSA) is 45.1 Å². The molecule has 3 heterocycles. The molecule has 220 valence electrons. The summed E-state index contributed by atoms with van der Waals surface area (Å²) in [6, 6.07) is 47.2. The van der Waals surface area contributed by atoms with Crippen molar-refractivity contribution in [3.63, 3.8) is 0 Å². The molecule has 2 aromatic heterocycles. The third-order valence-electron chi connectivity index (χ3n) is 9.96. The molecular weight excluding hydrogens is 574 g/mol. The summed E-state index contributed by atoms with van der Waals surface area (Å²) in [4.78, 5) is 2.42. The van der Waals surface area contributed by atoms with Crippen molar-refractivity contribution in [2.45, 2.75) is 12.0 Å². The molecule has 0 amide bonds. The van der Waals surface area contributed by atoms with Crippen molar-refractivity contribution in [3.8, 4) is 22.9 Å². The molecule has 0 N–H and O–H groups in total. The highest BCUT2D eigenvalue weighted by atomic mass is 16.3. The third kappa shape index (κ3) is 3.63. The fourth-order valence-electron chi connectivity index (χ4n) is 7.99. The minimum absolute atomic E-state index is 0.134. The molecule has 8 aromatic rings. The number of aromatic nitrogens is 1. The van der Waals surface area contributed by atoms with Gasteiger partial charge in [0.15, 0.2) is 5.58 Å². The lowest BCUT2D eigenvalue weighted by atomic mass is 9.91. The SMILES string of the molecule is N#Cc1cccc(N2c3ccccc3C3C=CC=CC32)c1-c1ccc2c(c1)c1ccc3c4ccccc4oc3c1n2-c1ccccc1. The van der Waals surface area contributed by atoms with E-state index in [0.29, 0.717) is 5.56 Å². The van der Waals surface area contributed by atoms with Gasteiger partial charge in [-0.15, -0.1) is 0 Å². The van der Waals surface area contributed by atoms with Crippen LogP contribution in [0, 0.1) is 11.3 Å². The molecular formula is C43H27N3O. The zero-order valence-electron chi connectivity index (χ0n) is 25.3. The summed E-state index contributed by atoms with van der Waals surface area (Å²) in [5.41, 5.74) is 11.1. The zero-order valence-corrected chi connectivity index (χ0v) is 25.3. The van der Waals surface area contributed by atoms with Crippen LogP contribution in [0.25, 0.3) is 60.6 Å². The first kappa shape index (κ1) is 26.0. The van der Waals surface area contributed by atoms with Crippen LogP contribution in [0.3, 0.4) is 0 Å². The Balaban J connectivity index is 1.26. The summed E-state index contributed by atoms with van der Waals surface area (Å²) in [6.45, 7) is 0. The van der Waals surface area contributed by atoms with Gasteiger partial charge in [-0.2, -0.15) is 5.26 Å². The van der Waals surface area contributed by atoms with Crippen molar-refractivity contribution in [2.75, 3.05) is 4.90 Å². The second-order valence-corrected chi connectivity index (χ2v) is 12.4. The van der Waals surface area contributed by atoms with Crippen LogP contribution >= 0.6 is 0 Å². The highest BCUT2D eigenvalue weighted by Crippen LogP contribution is 2.51. The van der Waals surface area contributed by atoms with Crippen LogP contribution in [-0.2, 0) is 0 Å². The molecule has 10 rings (SSSR count). The van der Waals surface area contributed by atoms with Crippen LogP contribution in [0.2, 0.25) is 0 Å². The Bertz CT molecular complexity index is 2670. The highest BCUT2D eigenvalue weighted by molar-refractivity contribution is 6.22. The molecule has 0 saturated heterocycles. The van der Waals surface area contributed by atoms with Crippen LogP contribution in [0.15, 0.2) is 156 Å². The molecule has 0 fully saturated rings. The van der Waals surface area contributed by atoms with Crippen LogP contribution in [0.5, 0.6) is 0 Å². The van der Waals surface area contributed by atoms with E-state index in [1.165, 1.54) is 11.3 Å². The number of anilines is 2. The molecule has 47 heavy (non-hydrogen) atoms. The molecule has 6 aromatic carbocycles. The van der Waals surface area contributed by atoms with Crippen molar-refractivity contribution in [3.05, 3.63) is 163 Å². The van der Waals surface area contributed by atoms with Crippen molar-refractivity contribution < 1.29 is 4.42 Å². The minimum atomic E-state index is 0.134. The zero-order chi connectivity index (χ0) is 31.1. The van der Waals surface area contributed by atoms with E-state index in [0.717, 1.165) is 66.2 Å². The second kappa shape index (κ2) is 9.84. The fourth-order valence-corrected chi connectivity index (χ4v) is 7.99. The van der Waals surface area contributed by atoms with Gasteiger partial charge in [-0.1, -0.05) is 97.1 Å². The Morgan fingerprint density at radius 2 is 1.43 bits per heavy atom. The van der Waals surface area contributed by atoms with Crippen molar-refractivity contribution in [2.24, 2.45) is 0 Å². The first-order valence-corrected chi connectivity index (χ1v) is 16.0. The molecule has 2 aliphatic rings. The van der Waals surface area contributed by atoms with E-state index < -0.39 is 0 Å². The number of allylic oxidation sites excluding steroid dienone is 2. The Morgan fingerprint density at radius 1 is 0.638 bits per heavy atom. The summed E-state index contributed by atoms with van der Waals surface area (Å²) in [5.74, 6) is 0.257. The maximum Gasteiger partial charge on any atom is 0.160 e. The van der Waals surface area contributed by atoms with Gasteiger partial charge in [-0.25, -0.2) is 0 Å². The molecule has 0 saturated carbocycles.